The molecule has 2 heterocycles. The van der Waals surface area contributed by atoms with E-state index in [1.807, 2.05) is 59.2 Å². The maximum atomic E-state index is 12.2. The minimum Gasteiger partial charge on any atom is -0.272 e. The lowest BCUT2D eigenvalue weighted by molar-refractivity contribution is -0.118. The number of halogens is 1. The number of thioether (sulfide) groups is 1. The molecule has 154 valence electrons. The molecule has 0 aliphatic carbocycles. The third kappa shape index (κ3) is 5.36. The summed E-state index contributed by atoms with van der Waals surface area (Å²) in [7, 11) is 0. The Bertz CT molecular complexity index is 1180. The fraction of sp³-hybridized carbons (Fsp3) is 0.0455. The molecule has 0 aliphatic heterocycles. The number of pyridine rings is 1. The van der Waals surface area contributed by atoms with Crippen molar-refractivity contribution in [3.05, 3.63) is 89.7 Å². The van der Waals surface area contributed by atoms with E-state index in [9.17, 15) is 4.79 Å². The standard InChI is InChI=1S/C22H17ClN6OS/c23-18-8-6-17(7-9-18)21-27-28-22(29(21)19-4-2-1-3-5-19)31-15-20(30)26-25-14-16-10-12-24-13-11-16/h1-14H,15H2,(H,26,30). The van der Waals surface area contributed by atoms with Crippen LogP contribution in [-0.2, 0) is 4.79 Å². The molecule has 0 bridgehead atoms. The zero-order chi connectivity index (χ0) is 21.5. The molecule has 7 nitrogen and oxygen atoms in total. The quantitative estimate of drug-likeness (QED) is 0.260. The smallest absolute Gasteiger partial charge is 0.250 e. The first-order valence-electron chi connectivity index (χ1n) is 9.32. The lowest BCUT2D eigenvalue weighted by atomic mass is 10.2. The number of amides is 1. The molecule has 9 heteroatoms. The molecule has 0 fully saturated rings. The third-order valence-corrected chi connectivity index (χ3v) is 5.37. The SMILES string of the molecule is O=C(CSc1nnc(-c2ccc(Cl)cc2)n1-c1ccccc1)NN=Cc1ccncc1. The van der Waals surface area contributed by atoms with E-state index < -0.39 is 0 Å². The first kappa shape index (κ1) is 20.8. The van der Waals surface area contributed by atoms with Crippen LogP contribution >= 0.6 is 23.4 Å². The summed E-state index contributed by atoms with van der Waals surface area (Å²) in [6, 6.07) is 20.7. The average Bonchev–Trinajstić information content (AvgIpc) is 3.23. The second-order valence-corrected chi connectivity index (χ2v) is 7.73. The van der Waals surface area contributed by atoms with E-state index >= 15 is 0 Å². The lowest BCUT2D eigenvalue weighted by Crippen LogP contribution is -2.20. The molecule has 1 N–H and O–H groups in total. The van der Waals surface area contributed by atoms with E-state index in [1.165, 1.54) is 11.8 Å². The van der Waals surface area contributed by atoms with Crippen LogP contribution in [0.25, 0.3) is 17.1 Å². The number of rotatable bonds is 7. The van der Waals surface area contributed by atoms with Crippen LogP contribution < -0.4 is 5.43 Å². The Morgan fingerprint density at radius 3 is 2.52 bits per heavy atom. The molecule has 0 aliphatic rings. The van der Waals surface area contributed by atoms with Crippen molar-refractivity contribution in [2.75, 3.05) is 5.75 Å². The second-order valence-electron chi connectivity index (χ2n) is 6.35. The first-order chi connectivity index (χ1) is 15.2. The number of nitrogens with one attached hydrogen (secondary N) is 1. The summed E-state index contributed by atoms with van der Waals surface area (Å²) in [5, 5.41) is 13.9. The number of hydrogen-bond acceptors (Lipinski definition) is 6. The van der Waals surface area contributed by atoms with Crippen LogP contribution in [0, 0.1) is 0 Å². The van der Waals surface area contributed by atoms with Gasteiger partial charge in [-0.1, -0.05) is 41.6 Å². The highest BCUT2D eigenvalue weighted by molar-refractivity contribution is 7.99. The van der Waals surface area contributed by atoms with E-state index in [-0.39, 0.29) is 11.7 Å². The minimum absolute atomic E-state index is 0.138. The van der Waals surface area contributed by atoms with Gasteiger partial charge < -0.3 is 0 Å². The van der Waals surface area contributed by atoms with Crippen LogP contribution in [0.15, 0.2) is 89.4 Å². The first-order valence-corrected chi connectivity index (χ1v) is 10.7. The molecule has 4 rings (SSSR count). The van der Waals surface area contributed by atoms with E-state index in [4.69, 9.17) is 11.6 Å². The summed E-state index contributed by atoms with van der Waals surface area (Å²) in [4.78, 5) is 16.2. The van der Waals surface area contributed by atoms with Gasteiger partial charge >= 0.3 is 0 Å². The molecule has 0 saturated carbocycles. The molecule has 1 amide bonds. The summed E-state index contributed by atoms with van der Waals surface area (Å²) >= 11 is 7.30. The summed E-state index contributed by atoms with van der Waals surface area (Å²) < 4.78 is 1.92. The predicted molar refractivity (Wildman–Crippen MR) is 123 cm³/mol. The van der Waals surface area contributed by atoms with Gasteiger partial charge in [-0.15, -0.1) is 10.2 Å². The van der Waals surface area contributed by atoms with Crippen LogP contribution in [0.1, 0.15) is 5.56 Å². The molecule has 0 radical (unpaired) electrons. The molecule has 0 saturated heterocycles. The summed E-state index contributed by atoms with van der Waals surface area (Å²) in [6.45, 7) is 0. The zero-order valence-electron chi connectivity index (χ0n) is 16.2. The number of nitrogens with zero attached hydrogens (tertiary/aromatic N) is 5. The Balaban J connectivity index is 1.51. The normalized spacial score (nSPS) is 11.0. The van der Waals surface area contributed by atoms with Gasteiger partial charge in [-0.05, 0) is 54.1 Å². The molecule has 0 unspecified atom stereocenters. The van der Waals surface area contributed by atoms with Gasteiger partial charge in [0.05, 0.1) is 12.0 Å². The largest absolute Gasteiger partial charge is 0.272 e. The number of benzene rings is 2. The second kappa shape index (κ2) is 10.0. The van der Waals surface area contributed by atoms with Crippen molar-refractivity contribution in [2.45, 2.75) is 5.16 Å². The van der Waals surface area contributed by atoms with Crippen molar-refractivity contribution < 1.29 is 4.79 Å². The number of hydrogen-bond donors (Lipinski definition) is 1. The monoisotopic (exact) mass is 448 g/mol. The topological polar surface area (TPSA) is 85.1 Å². The van der Waals surface area contributed by atoms with Gasteiger partial charge in [-0.3, -0.25) is 14.3 Å². The number of carbonyl (C=O) groups excluding carboxylic acids is 1. The van der Waals surface area contributed by atoms with Crippen molar-refractivity contribution in [3.63, 3.8) is 0 Å². The highest BCUT2D eigenvalue weighted by Gasteiger charge is 2.17. The Hall–Kier alpha value is -3.49. The molecule has 2 aromatic heterocycles. The average molecular weight is 449 g/mol. The molecule has 4 aromatic rings. The molecular formula is C22H17ClN6OS. The number of hydrazone groups is 1. The summed E-state index contributed by atoms with van der Waals surface area (Å²) in [5.74, 6) is 0.562. The van der Waals surface area contributed by atoms with Crippen LogP contribution in [0.3, 0.4) is 0 Å². The van der Waals surface area contributed by atoms with Gasteiger partial charge in [0.15, 0.2) is 11.0 Å². The zero-order valence-corrected chi connectivity index (χ0v) is 17.8. The van der Waals surface area contributed by atoms with E-state index in [0.29, 0.717) is 16.0 Å². The van der Waals surface area contributed by atoms with Gasteiger partial charge in [0.1, 0.15) is 0 Å². The van der Waals surface area contributed by atoms with Crippen LogP contribution in [0.2, 0.25) is 5.02 Å². The number of carbonyl (C=O) groups is 1. The Labute approximate surface area is 188 Å². The highest BCUT2D eigenvalue weighted by atomic mass is 35.5. The lowest BCUT2D eigenvalue weighted by Gasteiger charge is -2.10. The van der Waals surface area contributed by atoms with Crippen molar-refractivity contribution in [1.29, 1.82) is 0 Å². The molecule has 2 aromatic carbocycles. The van der Waals surface area contributed by atoms with E-state index in [2.05, 4.69) is 25.7 Å². The van der Waals surface area contributed by atoms with Crippen LogP contribution in [0.4, 0.5) is 0 Å². The van der Waals surface area contributed by atoms with Gasteiger partial charge in [-0.2, -0.15) is 5.10 Å². The summed E-state index contributed by atoms with van der Waals surface area (Å²) in [5.41, 5.74) is 5.14. The molecule has 31 heavy (non-hydrogen) atoms. The predicted octanol–water partition coefficient (Wildman–Crippen LogP) is 4.23. The van der Waals surface area contributed by atoms with Crippen LogP contribution in [0.5, 0.6) is 0 Å². The fourth-order valence-corrected chi connectivity index (χ4v) is 3.62. The van der Waals surface area contributed by atoms with Crippen LogP contribution in [-0.4, -0.2) is 37.6 Å². The Kier molecular flexibility index (Phi) is 6.71. The molecular weight excluding hydrogens is 432 g/mol. The Morgan fingerprint density at radius 2 is 1.77 bits per heavy atom. The number of para-hydroxylation sites is 1. The highest BCUT2D eigenvalue weighted by Crippen LogP contribution is 2.28. The maximum absolute atomic E-state index is 12.2. The fourth-order valence-electron chi connectivity index (χ4n) is 2.75. The number of aromatic nitrogens is 4. The maximum Gasteiger partial charge on any atom is 0.250 e. The van der Waals surface area contributed by atoms with E-state index in [1.54, 1.807) is 30.7 Å². The van der Waals surface area contributed by atoms with Gasteiger partial charge in [0.2, 0.25) is 0 Å². The summed E-state index contributed by atoms with van der Waals surface area (Å²) in [6.07, 6.45) is 4.89. The third-order valence-electron chi connectivity index (χ3n) is 4.19. The van der Waals surface area contributed by atoms with Crippen molar-refractivity contribution in [1.82, 2.24) is 25.2 Å². The van der Waals surface area contributed by atoms with Crippen molar-refractivity contribution in [2.24, 2.45) is 5.10 Å². The van der Waals surface area contributed by atoms with Crippen molar-refractivity contribution in [3.8, 4) is 17.1 Å². The van der Waals surface area contributed by atoms with Gasteiger partial charge in [-0.25, -0.2) is 5.43 Å². The van der Waals surface area contributed by atoms with Crippen molar-refractivity contribution >= 4 is 35.5 Å². The molecule has 0 spiro atoms. The van der Waals surface area contributed by atoms with Gasteiger partial charge in [0, 0.05) is 28.7 Å². The Morgan fingerprint density at radius 1 is 1.03 bits per heavy atom. The molecule has 0 atom stereocenters. The van der Waals surface area contributed by atoms with E-state index in [0.717, 1.165) is 16.8 Å². The van der Waals surface area contributed by atoms with Gasteiger partial charge in [0.25, 0.3) is 5.91 Å². The minimum atomic E-state index is -0.244.